The molecule has 4 aliphatic rings. The van der Waals surface area contributed by atoms with Crippen LogP contribution in [0.3, 0.4) is 0 Å². The number of nitrogens with one attached hydrogen (secondary N) is 3. The number of methoxy groups -OCH3 is 1. The third-order valence-corrected chi connectivity index (χ3v) is 10.5. The molecule has 0 saturated heterocycles. The molecule has 15 heteroatoms. The maximum atomic E-state index is 13.5. The molecule has 2 aromatic rings. The molecule has 6 rings (SSSR count). The summed E-state index contributed by atoms with van der Waals surface area (Å²) in [4.78, 5) is 41.7. The number of nitrogens with zero attached hydrogens (tertiary/aromatic N) is 3. The van der Waals surface area contributed by atoms with Crippen LogP contribution in [0.4, 0.5) is 10.7 Å². The number of aliphatic hydroxyl groups excluding tert-OH is 1. The Morgan fingerprint density at radius 1 is 1.24 bits per heavy atom. The van der Waals surface area contributed by atoms with Gasteiger partial charge in [0.05, 0.1) is 11.7 Å². The Balaban J connectivity index is 1.29. The lowest BCUT2D eigenvalue weighted by Crippen LogP contribution is -2.65. The molecule has 2 aromatic heterocycles. The highest BCUT2D eigenvalue weighted by atomic mass is 16.6. The first-order valence-electron chi connectivity index (χ1n) is 15.5. The van der Waals surface area contributed by atoms with Gasteiger partial charge in [-0.2, -0.15) is 5.21 Å². The number of esters is 2. The van der Waals surface area contributed by atoms with Crippen LogP contribution in [0, 0.1) is 41.4 Å². The minimum Gasteiger partial charge on any atom is -0.457 e. The zero-order valence-electron chi connectivity index (χ0n) is 26.2. The fraction of sp³-hybridized carbons (Fsp3) is 0.613. The fourth-order valence-corrected chi connectivity index (χ4v) is 8.31. The van der Waals surface area contributed by atoms with Gasteiger partial charge in [-0.05, 0) is 55.0 Å². The molecule has 5 N–H and O–H groups in total. The van der Waals surface area contributed by atoms with Crippen molar-refractivity contribution in [1.82, 2.24) is 25.6 Å². The van der Waals surface area contributed by atoms with E-state index >= 15 is 0 Å². The highest BCUT2D eigenvalue weighted by Crippen LogP contribution is 2.66. The minimum atomic E-state index is -1.47. The van der Waals surface area contributed by atoms with Crippen molar-refractivity contribution in [2.45, 2.75) is 70.2 Å². The standard InChI is InChI=1S/C31H40N6O9/c1-13-11-14(2)31(42)17(12-20(43-5)28(40)45-25(13)16(4)44-30(41)33-29-34-36-37-35-29)8-9-18-21-22(23(18)31)24(38)15(3)26(21)46-27(39)19-7-6-10-32-19/h6-11,13,15-18,20-26,32,38,42H,12H2,1-5H3,(H2,33,34,35,36,37,41)/b14-11+/t13-,15-,16-,17-,18?,20+,21+,22?,23?,24-,25+,26-,31+/m1/s1. The van der Waals surface area contributed by atoms with E-state index in [0.717, 1.165) is 0 Å². The Hall–Kier alpha value is -4.08. The summed E-state index contributed by atoms with van der Waals surface area (Å²) in [6.45, 7) is 7.10. The molecular formula is C31H40N6O9. The summed E-state index contributed by atoms with van der Waals surface area (Å²) in [6, 6.07) is 3.35. The first-order chi connectivity index (χ1) is 21.9. The van der Waals surface area contributed by atoms with Crippen molar-refractivity contribution in [1.29, 1.82) is 0 Å². The van der Waals surface area contributed by atoms with Crippen LogP contribution < -0.4 is 5.32 Å². The monoisotopic (exact) mass is 640 g/mol. The predicted octanol–water partition coefficient (Wildman–Crippen LogP) is 2.01. The van der Waals surface area contributed by atoms with Crippen LogP contribution >= 0.6 is 0 Å². The van der Waals surface area contributed by atoms with Crippen molar-refractivity contribution in [3.05, 3.63) is 47.8 Å². The maximum absolute atomic E-state index is 13.5. The highest BCUT2D eigenvalue weighted by molar-refractivity contribution is 5.87. The third kappa shape index (κ3) is 5.29. The van der Waals surface area contributed by atoms with Gasteiger partial charge in [0.15, 0.2) is 6.10 Å². The first-order valence-corrected chi connectivity index (χ1v) is 15.5. The number of amides is 1. The lowest BCUT2D eigenvalue weighted by molar-refractivity contribution is -0.186. The minimum absolute atomic E-state index is 0.0833. The number of aromatic amines is 2. The van der Waals surface area contributed by atoms with Gasteiger partial charge in [0, 0.05) is 42.9 Å². The summed E-state index contributed by atoms with van der Waals surface area (Å²) in [5, 5.41) is 39.6. The molecule has 0 spiro atoms. The Kier molecular flexibility index (Phi) is 8.50. The molecule has 248 valence electrons. The number of allylic oxidation sites excluding steroid dienone is 1. The third-order valence-electron chi connectivity index (χ3n) is 10.5. The molecule has 1 aliphatic heterocycles. The molecule has 3 heterocycles. The molecular weight excluding hydrogens is 600 g/mol. The smallest absolute Gasteiger partial charge is 0.414 e. The summed E-state index contributed by atoms with van der Waals surface area (Å²) >= 11 is 0. The topological polar surface area (TPSA) is 211 Å². The number of carbonyl (C=O) groups is 3. The lowest BCUT2D eigenvalue weighted by atomic mass is 9.46. The van der Waals surface area contributed by atoms with Crippen LogP contribution in [-0.2, 0) is 23.7 Å². The van der Waals surface area contributed by atoms with Gasteiger partial charge < -0.3 is 34.1 Å². The summed E-state index contributed by atoms with van der Waals surface area (Å²) < 4.78 is 23.0. The Morgan fingerprint density at radius 3 is 2.70 bits per heavy atom. The molecule has 13 atom stereocenters. The number of carbonyl (C=O) groups excluding carboxylic acids is 3. The number of tetrazole rings is 1. The Morgan fingerprint density at radius 2 is 2.02 bits per heavy atom. The van der Waals surface area contributed by atoms with Crippen LogP contribution in [0.1, 0.15) is 44.6 Å². The predicted molar refractivity (Wildman–Crippen MR) is 159 cm³/mol. The van der Waals surface area contributed by atoms with Gasteiger partial charge in [-0.3, -0.25) is 5.32 Å². The number of hydrogen-bond donors (Lipinski definition) is 5. The molecule has 2 saturated carbocycles. The number of anilines is 1. The number of hydrogen-bond acceptors (Lipinski definition) is 12. The van der Waals surface area contributed by atoms with Crippen LogP contribution in [0.15, 0.2) is 42.1 Å². The van der Waals surface area contributed by atoms with Crippen molar-refractivity contribution >= 4 is 24.0 Å². The number of aliphatic hydroxyl groups is 2. The van der Waals surface area contributed by atoms with E-state index in [1.165, 1.54) is 7.11 Å². The number of cyclic esters (lactones) is 1. The Labute approximate surface area is 265 Å². The molecule has 0 radical (unpaired) electrons. The van der Waals surface area contributed by atoms with Gasteiger partial charge >= 0.3 is 18.0 Å². The van der Waals surface area contributed by atoms with E-state index in [9.17, 15) is 24.6 Å². The van der Waals surface area contributed by atoms with Crippen molar-refractivity contribution in [3.8, 4) is 0 Å². The zero-order chi connectivity index (χ0) is 32.9. The van der Waals surface area contributed by atoms with Gasteiger partial charge in [-0.25, -0.2) is 14.4 Å². The molecule has 1 amide bonds. The van der Waals surface area contributed by atoms with E-state index in [2.05, 4.69) is 30.9 Å². The van der Waals surface area contributed by atoms with Gasteiger partial charge in [0.1, 0.15) is 24.0 Å². The number of fused-ring (bicyclic) bond motifs is 6. The summed E-state index contributed by atoms with van der Waals surface area (Å²) in [7, 11) is 1.40. The van der Waals surface area contributed by atoms with E-state index in [-0.39, 0.29) is 36.0 Å². The second kappa shape index (κ2) is 12.3. The van der Waals surface area contributed by atoms with Gasteiger partial charge in [-0.15, -0.1) is 5.10 Å². The number of rotatable bonds is 6. The van der Waals surface area contributed by atoms with E-state index in [0.29, 0.717) is 11.3 Å². The van der Waals surface area contributed by atoms with Gasteiger partial charge in [0.25, 0.3) is 5.95 Å². The molecule has 0 aromatic carbocycles. The lowest BCUT2D eigenvalue weighted by Gasteiger charge is -2.61. The fourth-order valence-electron chi connectivity index (χ4n) is 8.31. The number of aromatic nitrogens is 5. The summed E-state index contributed by atoms with van der Waals surface area (Å²) in [5.74, 6) is -3.80. The van der Waals surface area contributed by atoms with Crippen molar-refractivity contribution in [3.63, 3.8) is 0 Å². The van der Waals surface area contributed by atoms with Crippen molar-refractivity contribution in [2.24, 2.45) is 41.4 Å². The average molecular weight is 641 g/mol. The van der Waals surface area contributed by atoms with E-state index < -0.39 is 71.9 Å². The summed E-state index contributed by atoms with van der Waals surface area (Å²) in [6.07, 6.45) is 2.39. The summed E-state index contributed by atoms with van der Waals surface area (Å²) in [5.41, 5.74) is -0.500. The second-order valence-electron chi connectivity index (χ2n) is 12.9. The van der Waals surface area contributed by atoms with E-state index in [4.69, 9.17) is 18.9 Å². The molecule has 3 unspecified atom stereocenters. The van der Waals surface area contributed by atoms with Crippen LogP contribution in [0.25, 0.3) is 0 Å². The van der Waals surface area contributed by atoms with Gasteiger partial charge in [0.2, 0.25) is 0 Å². The Bertz CT molecular complexity index is 1500. The number of H-pyrrole nitrogens is 2. The first kappa shape index (κ1) is 31.9. The number of ether oxygens (including phenoxy) is 4. The zero-order valence-corrected chi connectivity index (χ0v) is 26.2. The largest absolute Gasteiger partial charge is 0.457 e. The van der Waals surface area contributed by atoms with Crippen molar-refractivity contribution in [2.75, 3.05) is 12.4 Å². The van der Waals surface area contributed by atoms with Gasteiger partial charge in [-0.1, -0.05) is 37.2 Å². The molecule has 0 bridgehead atoms. The molecule has 46 heavy (non-hydrogen) atoms. The van der Waals surface area contributed by atoms with Crippen LogP contribution in [0.2, 0.25) is 0 Å². The quantitative estimate of drug-likeness (QED) is 0.174. The van der Waals surface area contributed by atoms with Crippen molar-refractivity contribution < 1.29 is 43.5 Å². The molecule has 2 fully saturated rings. The normalized spacial score (nSPS) is 40.1. The molecule has 3 aliphatic carbocycles. The van der Waals surface area contributed by atoms with E-state index in [1.54, 1.807) is 25.3 Å². The van der Waals surface area contributed by atoms with Crippen LogP contribution in [-0.4, -0.2) is 97.1 Å². The second-order valence-corrected chi connectivity index (χ2v) is 12.9. The van der Waals surface area contributed by atoms with E-state index in [1.807, 2.05) is 39.0 Å². The maximum Gasteiger partial charge on any atom is 0.414 e. The highest BCUT2D eigenvalue weighted by Gasteiger charge is 2.71. The van der Waals surface area contributed by atoms with Crippen LogP contribution in [0.5, 0.6) is 0 Å². The molecule has 15 nitrogen and oxygen atoms in total. The SMILES string of the molecule is CO[C@H]1C[C@H]2C=CC3C(C4[C@H]3[C@H](OC(=O)c3ccc[nH]3)[C@H](C)[C@H]4O)[C@]2(O)/C(C)=C/[C@@H](C)[C@@H]([C@@H](C)OC(=O)Nc2nn[nH]n2)OC1=O. The average Bonchev–Trinajstić information content (AvgIpc) is 3.76.